The minimum atomic E-state index is 0.729. The Morgan fingerprint density at radius 2 is 2.50 bits per heavy atom. The summed E-state index contributed by atoms with van der Waals surface area (Å²) in [6.07, 6.45) is 2.18. The van der Waals surface area contributed by atoms with Crippen LogP contribution in [0.4, 0.5) is 0 Å². The van der Waals surface area contributed by atoms with E-state index in [-0.39, 0.29) is 0 Å². The Morgan fingerprint density at radius 3 is 2.62 bits per heavy atom. The minimum absolute atomic E-state index is 0.729. The quantitative estimate of drug-likeness (QED) is 0.399. The molecule has 0 heterocycles. The number of nitriles is 1. The van der Waals surface area contributed by atoms with Crippen LogP contribution in [0.1, 0.15) is 13.3 Å². The van der Waals surface area contributed by atoms with Gasteiger partial charge in [-0.1, -0.05) is 6.92 Å². The van der Waals surface area contributed by atoms with Crippen molar-refractivity contribution in [2.24, 2.45) is 0 Å². The Morgan fingerprint density at radius 1 is 1.88 bits per heavy atom. The first kappa shape index (κ1) is 7.03. The third-order valence-electron chi connectivity index (χ3n) is 0.836. The van der Waals surface area contributed by atoms with Crippen molar-refractivity contribution >= 4 is 0 Å². The topological polar surface area (TPSA) is 33.0 Å². The van der Waals surface area contributed by atoms with E-state index in [0.717, 1.165) is 12.2 Å². The highest BCUT2D eigenvalue weighted by Crippen LogP contribution is 1.97. The zero-order valence-corrected chi connectivity index (χ0v) is 5.14. The van der Waals surface area contributed by atoms with Crippen LogP contribution in [-0.2, 0) is 4.74 Å². The molecule has 0 aromatic heterocycles. The second-order valence-electron chi connectivity index (χ2n) is 1.30. The lowest BCUT2D eigenvalue weighted by Gasteiger charge is -1.96. The van der Waals surface area contributed by atoms with Gasteiger partial charge in [-0.25, -0.2) is 0 Å². The summed E-state index contributed by atoms with van der Waals surface area (Å²) in [5.74, 6) is 0.729. The molecule has 0 aromatic carbocycles. The Bertz CT molecular complexity index is 115. The summed E-state index contributed by atoms with van der Waals surface area (Å²) in [4.78, 5) is 0. The molecular weight excluding hydrogens is 102 g/mol. The maximum absolute atomic E-state index is 8.09. The van der Waals surface area contributed by atoms with E-state index < -0.39 is 0 Å². The van der Waals surface area contributed by atoms with E-state index in [1.807, 2.05) is 13.0 Å². The van der Waals surface area contributed by atoms with E-state index in [2.05, 4.69) is 0 Å². The molecule has 0 N–H and O–H groups in total. The van der Waals surface area contributed by atoms with Crippen LogP contribution >= 0.6 is 0 Å². The third kappa shape index (κ3) is 2.25. The maximum atomic E-state index is 8.09. The molecule has 2 heteroatoms. The Hall–Kier alpha value is -0.970. The summed E-state index contributed by atoms with van der Waals surface area (Å²) in [6.45, 7) is 1.94. The van der Waals surface area contributed by atoms with Crippen LogP contribution in [0.2, 0.25) is 0 Å². The molecule has 0 radical (unpaired) electrons. The van der Waals surface area contributed by atoms with Gasteiger partial charge in [-0.2, -0.15) is 5.26 Å². The average molecular weight is 111 g/mol. The van der Waals surface area contributed by atoms with E-state index >= 15 is 0 Å². The number of allylic oxidation sites excluding steroid dienone is 2. The lowest BCUT2D eigenvalue weighted by molar-refractivity contribution is 0.281. The molecule has 0 rings (SSSR count). The van der Waals surface area contributed by atoms with Crippen molar-refractivity contribution in [3.63, 3.8) is 0 Å². The van der Waals surface area contributed by atoms with Gasteiger partial charge in [-0.3, -0.25) is 0 Å². The molecule has 0 aliphatic rings. The van der Waals surface area contributed by atoms with Crippen molar-refractivity contribution in [2.75, 3.05) is 7.11 Å². The lowest BCUT2D eigenvalue weighted by Crippen LogP contribution is -1.81. The van der Waals surface area contributed by atoms with Crippen LogP contribution in [0.25, 0.3) is 0 Å². The molecule has 0 bridgehead atoms. The molecule has 0 amide bonds. The number of ether oxygens (including phenoxy) is 1. The number of rotatable bonds is 2. The van der Waals surface area contributed by atoms with Gasteiger partial charge in [0.15, 0.2) is 0 Å². The standard InChI is InChI=1S/C6H9NO/c1-3-6(8-2)4-5-7/h4H,3H2,1-2H3. The van der Waals surface area contributed by atoms with Gasteiger partial charge in [0.25, 0.3) is 0 Å². The van der Waals surface area contributed by atoms with Crippen LogP contribution in [-0.4, -0.2) is 7.11 Å². The highest BCUT2D eigenvalue weighted by molar-refractivity contribution is 5.07. The van der Waals surface area contributed by atoms with Crippen LogP contribution < -0.4 is 0 Å². The second-order valence-corrected chi connectivity index (χ2v) is 1.30. The van der Waals surface area contributed by atoms with E-state index in [1.165, 1.54) is 6.08 Å². The van der Waals surface area contributed by atoms with Crippen LogP contribution in [0.15, 0.2) is 11.8 Å². The Kier molecular flexibility index (Phi) is 3.69. The molecule has 2 nitrogen and oxygen atoms in total. The van der Waals surface area contributed by atoms with Gasteiger partial charge in [0.1, 0.15) is 5.76 Å². The van der Waals surface area contributed by atoms with E-state index in [0.29, 0.717) is 0 Å². The molecule has 0 fully saturated rings. The molecule has 0 aromatic rings. The van der Waals surface area contributed by atoms with Crippen LogP contribution in [0.3, 0.4) is 0 Å². The normalized spacial score (nSPS) is 10.4. The molecular formula is C6H9NO. The number of hydrogen-bond donors (Lipinski definition) is 0. The highest BCUT2D eigenvalue weighted by Gasteiger charge is 1.85. The molecule has 44 valence electrons. The number of methoxy groups -OCH3 is 1. The first-order valence-electron chi connectivity index (χ1n) is 2.47. The minimum Gasteiger partial charge on any atom is -0.500 e. The van der Waals surface area contributed by atoms with Crippen molar-refractivity contribution in [2.45, 2.75) is 13.3 Å². The summed E-state index contributed by atoms with van der Waals surface area (Å²) in [7, 11) is 1.56. The van der Waals surface area contributed by atoms with Gasteiger partial charge in [0.2, 0.25) is 0 Å². The van der Waals surface area contributed by atoms with E-state index in [4.69, 9.17) is 10.00 Å². The average Bonchev–Trinajstić information content (AvgIpc) is 1.83. The first-order chi connectivity index (χ1) is 3.85. The van der Waals surface area contributed by atoms with Crippen molar-refractivity contribution in [3.8, 4) is 6.07 Å². The first-order valence-corrected chi connectivity index (χ1v) is 2.47. The monoisotopic (exact) mass is 111 g/mol. The van der Waals surface area contributed by atoms with Crippen molar-refractivity contribution in [3.05, 3.63) is 11.8 Å². The number of nitrogens with zero attached hydrogens (tertiary/aromatic N) is 1. The largest absolute Gasteiger partial charge is 0.500 e. The maximum Gasteiger partial charge on any atom is 0.106 e. The molecule has 8 heavy (non-hydrogen) atoms. The van der Waals surface area contributed by atoms with E-state index in [1.54, 1.807) is 7.11 Å². The summed E-state index contributed by atoms with van der Waals surface area (Å²) >= 11 is 0. The fourth-order valence-corrected chi connectivity index (χ4v) is 0.377. The zero-order chi connectivity index (χ0) is 6.41. The summed E-state index contributed by atoms with van der Waals surface area (Å²) < 4.78 is 4.78. The van der Waals surface area contributed by atoms with Gasteiger partial charge in [-0.05, 0) is 0 Å². The smallest absolute Gasteiger partial charge is 0.106 e. The van der Waals surface area contributed by atoms with Gasteiger partial charge in [0, 0.05) is 6.42 Å². The Labute approximate surface area is 49.4 Å². The predicted molar refractivity (Wildman–Crippen MR) is 31.0 cm³/mol. The Balaban J connectivity index is 3.72. The third-order valence-corrected chi connectivity index (χ3v) is 0.836. The van der Waals surface area contributed by atoms with Gasteiger partial charge in [-0.15, -0.1) is 0 Å². The van der Waals surface area contributed by atoms with Crippen LogP contribution in [0, 0.1) is 11.3 Å². The van der Waals surface area contributed by atoms with Gasteiger partial charge in [0.05, 0.1) is 19.3 Å². The van der Waals surface area contributed by atoms with Crippen molar-refractivity contribution in [1.29, 1.82) is 5.26 Å². The predicted octanol–water partition coefficient (Wildman–Crippen LogP) is 1.45. The molecule has 0 aliphatic carbocycles. The molecule has 0 unspecified atom stereocenters. The molecule has 0 atom stereocenters. The zero-order valence-electron chi connectivity index (χ0n) is 5.14. The summed E-state index contributed by atoms with van der Waals surface area (Å²) in [5.41, 5.74) is 0. The van der Waals surface area contributed by atoms with Crippen LogP contribution in [0.5, 0.6) is 0 Å². The number of hydrogen-bond acceptors (Lipinski definition) is 2. The fraction of sp³-hybridized carbons (Fsp3) is 0.500. The summed E-state index contributed by atoms with van der Waals surface area (Å²) in [6, 6.07) is 1.88. The van der Waals surface area contributed by atoms with E-state index in [9.17, 15) is 0 Å². The second kappa shape index (κ2) is 4.20. The molecule has 0 saturated carbocycles. The molecule has 0 saturated heterocycles. The van der Waals surface area contributed by atoms with Gasteiger partial charge >= 0.3 is 0 Å². The van der Waals surface area contributed by atoms with Gasteiger partial charge < -0.3 is 4.74 Å². The molecule has 0 aliphatic heterocycles. The van der Waals surface area contributed by atoms with Crippen molar-refractivity contribution in [1.82, 2.24) is 0 Å². The fourth-order valence-electron chi connectivity index (χ4n) is 0.377. The molecule has 0 spiro atoms. The summed E-state index contributed by atoms with van der Waals surface area (Å²) in [5, 5.41) is 8.09. The van der Waals surface area contributed by atoms with Crippen molar-refractivity contribution < 1.29 is 4.74 Å². The SMILES string of the molecule is CCC(=CC#N)OC. The highest BCUT2D eigenvalue weighted by atomic mass is 16.5. The lowest BCUT2D eigenvalue weighted by atomic mass is 10.4.